The van der Waals surface area contributed by atoms with Crippen LogP contribution in [0.5, 0.6) is 5.75 Å². The molecule has 42 heavy (non-hydrogen) atoms. The summed E-state index contributed by atoms with van der Waals surface area (Å²) in [5.74, 6) is -5.41. The lowest BCUT2D eigenvalue weighted by atomic mass is 9.82. The molecular weight excluding hydrogens is 579 g/mol. The lowest BCUT2D eigenvalue weighted by molar-refractivity contribution is -0.144. The van der Waals surface area contributed by atoms with Gasteiger partial charge in [0.25, 0.3) is 5.91 Å². The predicted octanol–water partition coefficient (Wildman–Crippen LogP) is 3.88. The van der Waals surface area contributed by atoms with Gasteiger partial charge in [-0.15, -0.1) is 0 Å². The molecule has 2 aromatic carbocycles. The van der Waals surface area contributed by atoms with Crippen LogP contribution in [0.15, 0.2) is 58.2 Å². The fraction of sp³-hybridized carbons (Fsp3) is 0.321. The highest BCUT2D eigenvalue weighted by Gasteiger charge is 2.42. The van der Waals surface area contributed by atoms with Crippen LogP contribution in [0.25, 0.3) is 0 Å². The van der Waals surface area contributed by atoms with Gasteiger partial charge in [-0.1, -0.05) is 41.0 Å². The second-order valence-corrected chi connectivity index (χ2v) is 10.3. The molecule has 0 fully saturated rings. The van der Waals surface area contributed by atoms with Crippen molar-refractivity contribution in [3.05, 3.63) is 76.1 Å². The van der Waals surface area contributed by atoms with E-state index < -0.39 is 54.7 Å². The second kappa shape index (κ2) is 11.5. The van der Waals surface area contributed by atoms with Crippen LogP contribution >= 0.6 is 11.6 Å². The van der Waals surface area contributed by atoms with E-state index in [4.69, 9.17) is 26.6 Å². The lowest BCUT2D eigenvalue weighted by Gasteiger charge is -2.31. The molecule has 0 saturated heterocycles. The van der Waals surface area contributed by atoms with Gasteiger partial charge in [0.05, 0.1) is 35.5 Å². The van der Waals surface area contributed by atoms with E-state index in [0.29, 0.717) is 33.3 Å². The Hall–Kier alpha value is -4.39. The number of carbonyl (C=O) groups excluding carboxylic acids is 3. The predicted molar refractivity (Wildman–Crippen MR) is 145 cm³/mol. The minimum Gasteiger partial charge on any atom is -0.490 e. The Labute approximate surface area is 242 Å². The molecular formula is C28H25ClF3N5O5. The topological polar surface area (TPSA) is 140 Å². The van der Waals surface area contributed by atoms with Crippen LogP contribution in [0, 0.1) is 12.8 Å². The molecule has 10 nitrogen and oxygen atoms in total. The molecule has 1 aromatic heterocycles. The highest BCUT2D eigenvalue weighted by atomic mass is 35.5. The summed E-state index contributed by atoms with van der Waals surface area (Å²) in [6, 6.07) is 11.9. The SMILES string of the molecule is Cc1nocc1[C@H](C(N)=O)[C@@H](CCC(F)(F)F)C(=O)N[C@H]1N=C(c2cccc(Cl)c2)c2cccc3c2N(CCO3)C1=O. The zero-order valence-electron chi connectivity index (χ0n) is 22.2. The summed E-state index contributed by atoms with van der Waals surface area (Å²) in [5, 5.41) is 6.57. The van der Waals surface area contributed by atoms with Crippen LogP contribution in [-0.4, -0.2) is 54.1 Å². The Morgan fingerprint density at radius 1 is 1.24 bits per heavy atom. The van der Waals surface area contributed by atoms with Crippen molar-refractivity contribution in [3.8, 4) is 5.75 Å². The first-order valence-corrected chi connectivity index (χ1v) is 13.3. The second-order valence-electron chi connectivity index (χ2n) is 9.89. The van der Waals surface area contributed by atoms with E-state index >= 15 is 0 Å². The molecule has 0 aliphatic carbocycles. The lowest BCUT2D eigenvalue weighted by Crippen LogP contribution is -2.51. The normalized spacial score (nSPS) is 17.8. The Balaban J connectivity index is 1.58. The molecule has 3 aromatic rings. The number of primary amides is 1. The number of amides is 3. The third kappa shape index (κ3) is 5.82. The van der Waals surface area contributed by atoms with Crippen molar-refractivity contribution in [3.63, 3.8) is 0 Å². The highest BCUT2D eigenvalue weighted by Crippen LogP contribution is 2.39. The average Bonchev–Trinajstić information content (AvgIpc) is 3.31. The van der Waals surface area contributed by atoms with Gasteiger partial charge in [-0.3, -0.25) is 14.4 Å². The van der Waals surface area contributed by atoms with Gasteiger partial charge in [0.2, 0.25) is 18.0 Å². The van der Waals surface area contributed by atoms with E-state index in [2.05, 4.69) is 15.5 Å². The standard InChI is InChI=1S/C28H25ClF3N5O5/c1-14-19(13-42-36-14)21(24(33)38)17(8-9-28(30,31)32)26(39)35-25-27(40)37-10-11-41-20-7-3-6-18(23(20)37)22(34-25)15-4-2-5-16(29)12-15/h2-7,12-13,17,21,25H,8-11H2,1H3,(H2,33,38)(H,35,39)/t17-,21-,25-/m1/s1. The first-order valence-electron chi connectivity index (χ1n) is 12.9. The van der Waals surface area contributed by atoms with Crippen LogP contribution in [0.1, 0.15) is 41.1 Å². The number of ether oxygens (including phenoxy) is 1. The number of nitrogens with two attached hydrogens (primary N) is 1. The zero-order valence-corrected chi connectivity index (χ0v) is 22.9. The van der Waals surface area contributed by atoms with Crippen LogP contribution < -0.4 is 20.7 Å². The molecule has 0 radical (unpaired) electrons. The van der Waals surface area contributed by atoms with Crippen LogP contribution in [0.3, 0.4) is 0 Å². The van der Waals surface area contributed by atoms with Crippen LogP contribution in [0.4, 0.5) is 18.9 Å². The van der Waals surface area contributed by atoms with Gasteiger partial charge >= 0.3 is 6.18 Å². The molecule has 3 amide bonds. The number of alkyl halides is 3. The maximum Gasteiger partial charge on any atom is 0.389 e. The maximum atomic E-state index is 13.9. The fourth-order valence-corrected chi connectivity index (χ4v) is 5.42. The Bertz CT molecular complexity index is 1570. The summed E-state index contributed by atoms with van der Waals surface area (Å²) < 4.78 is 50.6. The molecule has 3 N–H and O–H groups in total. The minimum absolute atomic E-state index is 0.0744. The molecule has 0 saturated carbocycles. The number of aromatic nitrogens is 1. The third-order valence-electron chi connectivity index (χ3n) is 7.14. The summed E-state index contributed by atoms with van der Waals surface area (Å²) in [5.41, 5.74) is 7.66. The smallest absolute Gasteiger partial charge is 0.389 e. The quantitative estimate of drug-likeness (QED) is 0.400. The fourth-order valence-electron chi connectivity index (χ4n) is 5.23. The third-order valence-corrected chi connectivity index (χ3v) is 7.37. The number of halogens is 4. The molecule has 0 spiro atoms. The average molecular weight is 604 g/mol. The van der Waals surface area contributed by atoms with Crippen LogP contribution in [-0.2, 0) is 14.4 Å². The number of para-hydroxylation sites is 1. The number of anilines is 1. The van der Waals surface area contributed by atoms with Crippen molar-refractivity contribution in [1.29, 1.82) is 0 Å². The van der Waals surface area contributed by atoms with Crippen molar-refractivity contribution >= 4 is 40.7 Å². The van der Waals surface area contributed by atoms with E-state index in [-0.39, 0.29) is 24.4 Å². The van der Waals surface area contributed by atoms with Gasteiger partial charge < -0.3 is 25.2 Å². The number of carbonyl (C=O) groups is 3. The molecule has 14 heteroatoms. The van der Waals surface area contributed by atoms with Gasteiger partial charge in [-0.2, -0.15) is 13.2 Å². The van der Waals surface area contributed by atoms with E-state index in [1.165, 1.54) is 11.8 Å². The summed E-state index contributed by atoms with van der Waals surface area (Å²) in [7, 11) is 0. The van der Waals surface area contributed by atoms with Gasteiger partial charge in [0.1, 0.15) is 18.6 Å². The number of benzene rings is 2. The number of aryl methyl sites for hydroxylation is 1. The van der Waals surface area contributed by atoms with Crippen molar-refractivity contribution in [2.24, 2.45) is 16.6 Å². The molecule has 0 bridgehead atoms. The molecule has 5 rings (SSSR count). The van der Waals surface area contributed by atoms with Crippen molar-refractivity contribution in [2.45, 2.75) is 38.0 Å². The minimum atomic E-state index is -4.63. The number of hydrogen-bond acceptors (Lipinski definition) is 7. The van der Waals surface area contributed by atoms with E-state index in [1.807, 2.05) is 0 Å². The number of rotatable bonds is 8. The summed E-state index contributed by atoms with van der Waals surface area (Å²) in [4.78, 5) is 46.2. The molecule has 220 valence electrons. The molecule has 0 unspecified atom stereocenters. The molecule has 3 atom stereocenters. The number of nitrogens with zero attached hydrogens (tertiary/aromatic N) is 3. The number of nitrogens with one attached hydrogen (secondary N) is 1. The van der Waals surface area contributed by atoms with E-state index in [0.717, 1.165) is 6.26 Å². The number of hydrogen-bond donors (Lipinski definition) is 2. The zero-order chi connectivity index (χ0) is 30.2. The van der Waals surface area contributed by atoms with E-state index in [9.17, 15) is 27.6 Å². The van der Waals surface area contributed by atoms with E-state index in [1.54, 1.807) is 42.5 Å². The first-order chi connectivity index (χ1) is 19.9. The molecule has 2 aliphatic heterocycles. The van der Waals surface area contributed by atoms with Gasteiger partial charge in [-0.05, 0) is 31.5 Å². The van der Waals surface area contributed by atoms with Crippen molar-refractivity contribution in [2.75, 3.05) is 18.1 Å². The van der Waals surface area contributed by atoms with Crippen LogP contribution in [0.2, 0.25) is 5.02 Å². The van der Waals surface area contributed by atoms with Gasteiger partial charge in [0, 0.05) is 28.1 Å². The van der Waals surface area contributed by atoms with Crippen molar-refractivity contribution in [1.82, 2.24) is 10.5 Å². The summed E-state index contributed by atoms with van der Waals surface area (Å²) in [6.45, 7) is 1.77. The Morgan fingerprint density at radius 3 is 2.67 bits per heavy atom. The van der Waals surface area contributed by atoms with Gasteiger partial charge in [-0.25, -0.2) is 4.99 Å². The number of aliphatic imine (C=N–C) groups is 1. The Kier molecular flexibility index (Phi) is 7.95. The monoisotopic (exact) mass is 603 g/mol. The first kappa shape index (κ1) is 29.1. The maximum absolute atomic E-state index is 13.9. The van der Waals surface area contributed by atoms with Crippen molar-refractivity contribution < 1.29 is 36.8 Å². The largest absolute Gasteiger partial charge is 0.490 e. The molecule has 2 aliphatic rings. The summed E-state index contributed by atoms with van der Waals surface area (Å²) in [6.07, 6.45) is -7.30. The molecule has 3 heterocycles. The highest BCUT2D eigenvalue weighted by molar-refractivity contribution is 6.31. The summed E-state index contributed by atoms with van der Waals surface area (Å²) >= 11 is 6.24. The Morgan fingerprint density at radius 2 is 2.00 bits per heavy atom. The van der Waals surface area contributed by atoms with Gasteiger partial charge in [0.15, 0.2) is 0 Å².